The summed E-state index contributed by atoms with van der Waals surface area (Å²) in [4.78, 5) is 4.83. The van der Waals surface area contributed by atoms with E-state index in [4.69, 9.17) is 5.11 Å². The van der Waals surface area contributed by atoms with Crippen molar-refractivity contribution in [3.05, 3.63) is 42.0 Å². The van der Waals surface area contributed by atoms with Gasteiger partial charge in [0.2, 0.25) is 0 Å². The van der Waals surface area contributed by atoms with Crippen LogP contribution in [0.15, 0.2) is 40.6 Å². The molecule has 0 bridgehead atoms. The van der Waals surface area contributed by atoms with E-state index in [1.807, 2.05) is 17.8 Å². The lowest BCUT2D eigenvalue weighted by Gasteiger charge is -2.07. The number of hydrogen-bond acceptors (Lipinski definition) is 3. The summed E-state index contributed by atoms with van der Waals surface area (Å²) >= 11 is 1.34. The van der Waals surface area contributed by atoms with Crippen molar-refractivity contribution in [1.29, 1.82) is 0 Å². The van der Waals surface area contributed by atoms with E-state index in [2.05, 4.69) is 4.98 Å². The van der Waals surface area contributed by atoms with Gasteiger partial charge in [0, 0.05) is 29.9 Å². The standard InChI is InChI=1S/C11H11FN2OS/c1-14-6-5-13-11(14)16-10-4-2-3-9(12)8(10)7-15/h2-6,15H,7H2,1H3. The van der Waals surface area contributed by atoms with Crippen LogP contribution >= 0.6 is 11.8 Å². The van der Waals surface area contributed by atoms with Crippen LogP contribution in [0.5, 0.6) is 0 Å². The Labute approximate surface area is 96.9 Å². The number of aliphatic hydroxyl groups excluding tert-OH is 1. The maximum atomic E-state index is 13.4. The molecule has 0 atom stereocenters. The molecule has 3 nitrogen and oxygen atoms in total. The topological polar surface area (TPSA) is 38.0 Å². The van der Waals surface area contributed by atoms with Gasteiger partial charge in [0.25, 0.3) is 0 Å². The summed E-state index contributed by atoms with van der Waals surface area (Å²) < 4.78 is 15.2. The SMILES string of the molecule is Cn1ccnc1Sc1cccc(F)c1CO. The fourth-order valence-corrected chi connectivity index (χ4v) is 2.28. The molecule has 2 rings (SSSR count). The van der Waals surface area contributed by atoms with Crippen molar-refractivity contribution in [3.8, 4) is 0 Å². The van der Waals surface area contributed by atoms with Gasteiger partial charge in [-0.15, -0.1) is 0 Å². The summed E-state index contributed by atoms with van der Waals surface area (Å²) in [5, 5.41) is 9.88. The highest BCUT2D eigenvalue weighted by atomic mass is 32.2. The molecule has 0 fully saturated rings. The fourth-order valence-electron chi connectivity index (χ4n) is 1.34. The van der Waals surface area contributed by atoms with Crippen molar-refractivity contribution in [2.45, 2.75) is 16.7 Å². The number of aromatic nitrogens is 2. The number of halogens is 1. The van der Waals surface area contributed by atoms with Crippen LogP contribution in [0, 0.1) is 5.82 Å². The Balaban J connectivity index is 2.35. The predicted octanol–water partition coefficient (Wildman–Crippen LogP) is 2.20. The molecule has 1 aromatic carbocycles. The van der Waals surface area contributed by atoms with E-state index >= 15 is 0 Å². The van der Waals surface area contributed by atoms with Gasteiger partial charge in [-0.2, -0.15) is 0 Å². The molecule has 84 valence electrons. The van der Waals surface area contributed by atoms with Gasteiger partial charge in [0.1, 0.15) is 5.82 Å². The smallest absolute Gasteiger partial charge is 0.172 e. The van der Waals surface area contributed by atoms with Crippen molar-refractivity contribution in [2.24, 2.45) is 7.05 Å². The number of aryl methyl sites for hydroxylation is 1. The van der Waals surface area contributed by atoms with E-state index in [9.17, 15) is 4.39 Å². The molecule has 0 unspecified atom stereocenters. The van der Waals surface area contributed by atoms with Crippen molar-refractivity contribution in [1.82, 2.24) is 9.55 Å². The molecular formula is C11H11FN2OS. The Morgan fingerprint density at radius 3 is 2.94 bits per heavy atom. The zero-order chi connectivity index (χ0) is 11.5. The fraction of sp³-hybridized carbons (Fsp3) is 0.182. The summed E-state index contributed by atoms with van der Waals surface area (Å²) in [5.74, 6) is -0.387. The molecule has 1 heterocycles. The number of nitrogens with zero attached hydrogens (tertiary/aromatic N) is 2. The minimum Gasteiger partial charge on any atom is -0.392 e. The Bertz CT molecular complexity index is 498. The lowest BCUT2D eigenvalue weighted by atomic mass is 10.2. The summed E-state index contributed by atoms with van der Waals surface area (Å²) in [7, 11) is 1.87. The van der Waals surface area contributed by atoms with Crippen molar-refractivity contribution >= 4 is 11.8 Å². The molecule has 5 heteroatoms. The molecule has 1 N–H and O–H groups in total. The van der Waals surface area contributed by atoms with Crippen LogP contribution in [0.1, 0.15) is 5.56 Å². The second kappa shape index (κ2) is 4.67. The first kappa shape index (κ1) is 11.2. The van der Waals surface area contributed by atoms with Crippen LogP contribution in [-0.2, 0) is 13.7 Å². The van der Waals surface area contributed by atoms with Crippen molar-refractivity contribution in [3.63, 3.8) is 0 Å². The highest BCUT2D eigenvalue weighted by molar-refractivity contribution is 7.99. The zero-order valence-corrected chi connectivity index (χ0v) is 9.54. The Morgan fingerprint density at radius 2 is 2.31 bits per heavy atom. The molecule has 2 aromatic rings. The monoisotopic (exact) mass is 238 g/mol. The third-order valence-electron chi connectivity index (χ3n) is 2.21. The normalized spacial score (nSPS) is 10.7. The lowest BCUT2D eigenvalue weighted by Crippen LogP contribution is -1.95. The molecule has 16 heavy (non-hydrogen) atoms. The molecule has 1 aromatic heterocycles. The average Bonchev–Trinajstić information content (AvgIpc) is 2.65. The summed E-state index contributed by atoms with van der Waals surface area (Å²) in [5.41, 5.74) is 0.315. The molecular weight excluding hydrogens is 227 g/mol. The summed E-state index contributed by atoms with van der Waals surface area (Å²) in [6.07, 6.45) is 3.50. The molecule has 0 aliphatic heterocycles. The van der Waals surface area contributed by atoms with Crippen molar-refractivity contribution in [2.75, 3.05) is 0 Å². The summed E-state index contributed by atoms with van der Waals surface area (Å²) in [6, 6.07) is 4.74. The molecule has 0 aliphatic carbocycles. The maximum absolute atomic E-state index is 13.4. The summed E-state index contributed by atoms with van der Waals surface area (Å²) in [6.45, 7) is -0.306. The Morgan fingerprint density at radius 1 is 1.50 bits per heavy atom. The average molecular weight is 238 g/mol. The third kappa shape index (κ3) is 2.10. The minimum absolute atomic E-state index is 0.306. The molecule has 0 amide bonds. The van der Waals surface area contributed by atoms with Crippen LogP contribution in [0.25, 0.3) is 0 Å². The molecule has 0 saturated heterocycles. The number of hydrogen-bond donors (Lipinski definition) is 1. The first-order valence-electron chi connectivity index (χ1n) is 4.76. The Kier molecular flexibility index (Phi) is 3.26. The number of imidazole rings is 1. The first-order chi connectivity index (χ1) is 7.72. The van der Waals surface area contributed by atoms with E-state index in [0.717, 1.165) is 5.16 Å². The van der Waals surface area contributed by atoms with Gasteiger partial charge in [-0.05, 0) is 12.1 Å². The van der Waals surface area contributed by atoms with Crippen LogP contribution in [0.3, 0.4) is 0 Å². The maximum Gasteiger partial charge on any atom is 0.172 e. The van der Waals surface area contributed by atoms with Gasteiger partial charge in [-0.1, -0.05) is 17.8 Å². The first-order valence-corrected chi connectivity index (χ1v) is 5.57. The van der Waals surface area contributed by atoms with Gasteiger partial charge in [-0.25, -0.2) is 9.37 Å². The predicted molar refractivity (Wildman–Crippen MR) is 59.7 cm³/mol. The minimum atomic E-state index is -0.387. The van der Waals surface area contributed by atoms with Gasteiger partial charge in [0.05, 0.1) is 6.61 Å². The van der Waals surface area contributed by atoms with Gasteiger partial charge in [0.15, 0.2) is 5.16 Å². The third-order valence-corrected chi connectivity index (χ3v) is 3.39. The molecule has 0 aliphatic rings. The quantitative estimate of drug-likeness (QED) is 0.890. The van der Waals surface area contributed by atoms with Crippen LogP contribution in [0.2, 0.25) is 0 Å². The van der Waals surface area contributed by atoms with Crippen LogP contribution < -0.4 is 0 Å². The molecule has 0 radical (unpaired) electrons. The molecule has 0 spiro atoms. The van der Waals surface area contributed by atoms with Crippen molar-refractivity contribution < 1.29 is 9.50 Å². The largest absolute Gasteiger partial charge is 0.392 e. The van der Waals surface area contributed by atoms with E-state index in [-0.39, 0.29) is 12.4 Å². The Hall–Kier alpha value is -1.33. The van der Waals surface area contributed by atoms with E-state index in [0.29, 0.717) is 10.5 Å². The van der Waals surface area contributed by atoms with Crippen LogP contribution in [-0.4, -0.2) is 14.7 Å². The highest BCUT2D eigenvalue weighted by Crippen LogP contribution is 2.30. The lowest BCUT2D eigenvalue weighted by molar-refractivity contribution is 0.272. The number of benzene rings is 1. The van der Waals surface area contributed by atoms with Crippen LogP contribution in [0.4, 0.5) is 4.39 Å². The van der Waals surface area contributed by atoms with Gasteiger partial charge < -0.3 is 9.67 Å². The van der Waals surface area contributed by atoms with Gasteiger partial charge in [-0.3, -0.25) is 0 Å². The number of rotatable bonds is 3. The second-order valence-corrected chi connectivity index (χ2v) is 4.31. The van der Waals surface area contributed by atoms with Gasteiger partial charge >= 0.3 is 0 Å². The van der Waals surface area contributed by atoms with E-state index in [1.165, 1.54) is 17.8 Å². The number of aliphatic hydroxyl groups is 1. The molecule has 0 saturated carbocycles. The van der Waals surface area contributed by atoms with E-state index < -0.39 is 0 Å². The highest BCUT2D eigenvalue weighted by Gasteiger charge is 2.10. The van der Waals surface area contributed by atoms with E-state index in [1.54, 1.807) is 18.3 Å². The zero-order valence-electron chi connectivity index (χ0n) is 8.72. The second-order valence-electron chi connectivity index (χ2n) is 3.30.